The minimum absolute atomic E-state index is 0.0426. The maximum Gasteiger partial charge on any atom is 0.228 e. The number of rotatable bonds is 4. The lowest BCUT2D eigenvalue weighted by Crippen LogP contribution is -2.44. The lowest BCUT2D eigenvalue weighted by Gasteiger charge is -2.34. The highest BCUT2D eigenvalue weighted by Gasteiger charge is 2.15. The number of carbonyl (C=O) groups excluding carboxylic acids is 1. The molecule has 2 aromatic rings. The molecule has 0 atom stereocenters. The van der Waals surface area contributed by atoms with Gasteiger partial charge in [0.2, 0.25) is 5.91 Å². The molecule has 0 radical (unpaired) electrons. The van der Waals surface area contributed by atoms with Gasteiger partial charge in [0.25, 0.3) is 0 Å². The average molecular weight is 367 g/mol. The van der Waals surface area contributed by atoms with Crippen LogP contribution in [0.25, 0.3) is 0 Å². The molecule has 1 fully saturated rings. The number of likely N-dealkylation sites (N-methyl/N-ethyl adjacent to an activating group) is 1. The summed E-state index contributed by atoms with van der Waals surface area (Å²) in [5.74, 6) is 1.41. The number of fused-ring (bicyclic) bond motifs is 1. The maximum absolute atomic E-state index is 12.4. The highest BCUT2D eigenvalue weighted by molar-refractivity contribution is 5.92. The zero-order chi connectivity index (χ0) is 18.6. The van der Waals surface area contributed by atoms with E-state index in [2.05, 4.69) is 34.3 Å². The van der Waals surface area contributed by atoms with Gasteiger partial charge < -0.3 is 24.6 Å². The van der Waals surface area contributed by atoms with E-state index < -0.39 is 0 Å². The number of nitrogens with zero attached hydrogens (tertiary/aromatic N) is 2. The molecule has 4 rings (SSSR count). The van der Waals surface area contributed by atoms with Crippen LogP contribution >= 0.6 is 0 Å². The first-order valence-corrected chi connectivity index (χ1v) is 9.39. The number of anilines is 2. The molecule has 0 aliphatic carbocycles. The first-order chi connectivity index (χ1) is 13.2. The molecule has 6 heteroatoms. The van der Waals surface area contributed by atoms with E-state index in [-0.39, 0.29) is 5.91 Å². The molecule has 0 unspecified atom stereocenters. The molecule has 0 spiro atoms. The monoisotopic (exact) mass is 367 g/mol. The van der Waals surface area contributed by atoms with E-state index in [9.17, 15) is 4.79 Å². The predicted molar refractivity (Wildman–Crippen MR) is 106 cm³/mol. The molecule has 1 amide bonds. The fraction of sp³-hybridized carbons (Fsp3) is 0.381. The van der Waals surface area contributed by atoms with Crippen molar-refractivity contribution in [2.24, 2.45) is 0 Å². The van der Waals surface area contributed by atoms with Crippen molar-refractivity contribution in [3.05, 3.63) is 48.0 Å². The Morgan fingerprint density at radius 3 is 2.41 bits per heavy atom. The number of nitrogens with one attached hydrogen (secondary N) is 1. The van der Waals surface area contributed by atoms with Crippen LogP contribution in [0.5, 0.6) is 11.5 Å². The van der Waals surface area contributed by atoms with Crippen LogP contribution in [0.1, 0.15) is 5.56 Å². The minimum Gasteiger partial charge on any atom is -0.486 e. The Balaban J connectivity index is 1.34. The molecular weight excluding hydrogens is 342 g/mol. The van der Waals surface area contributed by atoms with Crippen LogP contribution in [-0.2, 0) is 11.2 Å². The summed E-state index contributed by atoms with van der Waals surface area (Å²) in [4.78, 5) is 17.1. The third-order valence-corrected chi connectivity index (χ3v) is 4.99. The summed E-state index contributed by atoms with van der Waals surface area (Å²) in [6, 6.07) is 13.7. The molecule has 0 saturated carbocycles. The van der Waals surface area contributed by atoms with Crippen molar-refractivity contribution in [3.8, 4) is 11.5 Å². The lowest BCUT2D eigenvalue weighted by atomic mass is 10.1. The van der Waals surface area contributed by atoms with Crippen molar-refractivity contribution in [3.63, 3.8) is 0 Å². The molecule has 1 N–H and O–H groups in total. The Hall–Kier alpha value is -2.73. The van der Waals surface area contributed by atoms with Crippen LogP contribution in [0.4, 0.5) is 11.4 Å². The van der Waals surface area contributed by atoms with Crippen molar-refractivity contribution >= 4 is 17.3 Å². The van der Waals surface area contributed by atoms with Gasteiger partial charge in [-0.25, -0.2) is 0 Å². The summed E-state index contributed by atoms with van der Waals surface area (Å²) in [7, 11) is 2.15. The summed E-state index contributed by atoms with van der Waals surface area (Å²) >= 11 is 0. The van der Waals surface area contributed by atoms with Gasteiger partial charge in [0, 0.05) is 37.6 Å². The Bertz CT molecular complexity index is 799. The van der Waals surface area contributed by atoms with E-state index in [1.54, 1.807) is 0 Å². The van der Waals surface area contributed by atoms with E-state index in [1.165, 1.54) is 5.69 Å². The normalized spacial score (nSPS) is 16.9. The van der Waals surface area contributed by atoms with Crippen molar-refractivity contribution in [1.82, 2.24) is 4.90 Å². The average Bonchev–Trinajstić information content (AvgIpc) is 2.69. The number of hydrogen-bond donors (Lipinski definition) is 1. The van der Waals surface area contributed by atoms with Crippen molar-refractivity contribution < 1.29 is 14.3 Å². The van der Waals surface area contributed by atoms with Gasteiger partial charge in [-0.3, -0.25) is 4.79 Å². The first kappa shape index (κ1) is 17.7. The van der Waals surface area contributed by atoms with Gasteiger partial charge in [-0.05, 0) is 49.0 Å². The van der Waals surface area contributed by atoms with Crippen molar-refractivity contribution in [2.75, 3.05) is 56.7 Å². The van der Waals surface area contributed by atoms with E-state index in [0.717, 1.165) is 43.2 Å². The number of piperazine rings is 1. The summed E-state index contributed by atoms with van der Waals surface area (Å²) < 4.78 is 11.1. The molecule has 27 heavy (non-hydrogen) atoms. The van der Waals surface area contributed by atoms with Gasteiger partial charge in [-0.1, -0.05) is 6.07 Å². The van der Waals surface area contributed by atoms with E-state index in [4.69, 9.17) is 9.47 Å². The molecule has 2 aromatic carbocycles. The SMILES string of the molecule is CN1CCN(c2ccc(NC(=O)Cc3ccc4c(c3)OCCO4)cc2)CC1. The molecule has 1 saturated heterocycles. The van der Waals surface area contributed by atoms with Gasteiger partial charge in [0.05, 0.1) is 6.42 Å². The van der Waals surface area contributed by atoms with E-state index in [1.807, 2.05) is 30.3 Å². The van der Waals surface area contributed by atoms with Crippen LogP contribution < -0.4 is 19.7 Å². The second-order valence-corrected chi connectivity index (χ2v) is 7.04. The number of benzene rings is 2. The molecule has 142 valence electrons. The lowest BCUT2D eigenvalue weighted by molar-refractivity contribution is -0.115. The van der Waals surface area contributed by atoms with Gasteiger partial charge in [0.1, 0.15) is 13.2 Å². The van der Waals surface area contributed by atoms with Crippen LogP contribution in [0.3, 0.4) is 0 Å². The van der Waals surface area contributed by atoms with Crippen LogP contribution in [0.2, 0.25) is 0 Å². The Morgan fingerprint density at radius 2 is 1.67 bits per heavy atom. The Morgan fingerprint density at radius 1 is 0.963 bits per heavy atom. The van der Waals surface area contributed by atoms with Crippen molar-refractivity contribution in [2.45, 2.75) is 6.42 Å². The molecule has 2 heterocycles. The highest BCUT2D eigenvalue weighted by Crippen LogP contribution is 2.31. The summed E-state index contributed by atoms with van der Waals surface area (Å²) in [6.07, 6.45) is 0.302. The maximum atomic E-state index is 12.4. The highest BCUT2D eigenvalue weighted by atomic mass is 16.6. The second-order valence-electron chi connectivity index (χ2n) is 7.04. The topological polar surface area (TPSA) is 54.0 Å². The molecule has 6 nitrogen and oxygen atoms in total. The molecule has 2 aliphatic rings. The van der Waals surface area contributed by atoms with Gasteiger partial charge in [-0.2, -0.15) is 0 Å². The van der Waals surface area contributed by atoms with Crippen LogP contribution in [0, 0.1) is 0 Å². The van der Waals surface area contributed by atoms with Crippen LogP contribution in [-0.4, -0.2) is 57.2 Å². The molecular formula is C21H25N3O3. The van der Waals surface area contributed by atoms with Crippen LogP contribution in [0.15, 0.2) is 42.5 Å². The first-order valence-electron chi connectivity index (χ1n) is 9.39. The van der Waals surface area contributed by atoms with Gasteiger partial charge in [0.15, 0.2) is 11.5 Å². The Labute approximate surface area is 159 Å². The molecule has 0 aromatic heterocycles. The Kier molecular flexibility index (Phi) is 5.16. The third kappa shape index (κ3) is 4.34. The second kappa shape index (κ2) is 7.88. The molecule has 2 aliphatic heterocycles. The smallest absolute Gasteiger partial charge is 0.228 e. The van der Waals surface area contributed by atoms with Gasteiger partial charge >= 0.3 is 0 Å². The minimum atomic E-state index is -0.0426. The summed E-state index contributed by atoms with van der Waals surface area (Å²) in [6.45, 7) is 5.33. The largest absolute Gasteiger partial charge is 0.486 e. The fourth-order valence-corrected chi connectivity index (χ4v) is 3.41. The summed E-state index contributed by atoms with van der Waals surface area (Å²) in [5, 5.41) is 2.97. The van der Waals surface area contributed by atoms with Crippen molar-refractivity contribution in [1.29, 1.82) is 0 Å². The molecule has 0 bridgehead atoms. The predicted octanol–water partition coefficient (Wildman–Crippen LogP) is 2.39. The zero-order valence-corrected chi connectivity index (χ0v) is 15.6. The number of amides is 1. The fourth-order valence-electron chi connectivity index (χ4n) is 3.41. The third-order valence-electron chi connectivity index (χ3n) is 4.99. The summed E-state index contributed by atoms with van der Waals surface area (Å²) in [5.41, 5.74) is 2.93. The number of hydrogen-bond acceptors (Lipinski definition) is 5. The zero-order valence-electron chi connectivity index (χ0n) is 15.6. The standard InChI is InChI=1S/C21H25N3O3/c1-23-8-10-24(11-9-23)18-5-3-17(4-6-18)22-21(25)15-16-2-7-19-20(14-16)27-13-12-26-19/h2-7,14H,8-13,15H2,1H3,(H,22,25). The number of ether oxygens (including phenoxy) is 2. The van der Waals surface area contributed by atoms with Gasteiger partial charge in [-0.15, -0.1) is 0 Å². The quantitative estimate of drug-likeness (QED) is 0.899. The number of carbonyl (C=O) groups is 1. The van der Waals surface area contributed by atoms with E-state index >= 15 is 0 Å². The van der Waals surface area contributed by atoms with E-state index in [0.29, 0.717) is 25.4 Å².